The zero-order valence-electron chi connectivity index (χ0n) is 18.3. The van der Waals surface area contributed by atoms with Crippen LogP contribution in [-0.4, -0.2) is 94.2 Å². The molecule has 176 valence electrons. The number of piperidine rings is 1. The van der Waals surface area contributed by atoms with E-state index < -0.39 is 6.10 Å². The van der Waals surface area contributed by atoms with Crippen molar-refractivity contribution in [1.29, 1.82) is 0 Å². The maximum atomic E-state index is 12.6. The highest BCUT2D eigenvalue weighted by atomic mass is 35.5. The standard InChI is InChI=1S/C23H31Cl2N3O4/c1-16-21(30)3-2-9-27(16)14-18(29)15-28-12-11-26(10-8-23(28)32)22(31)7-5-17-4-6-19(24)20(25)13-17/h4-7,13,16,18,21,29-30H,2-3,8-12,14-15H2,1H3/b7-5+/t16-,18?,21+/m1/s1. The van der Waals surface area contributed by atoms with E-state index in [-0.39, 0.29) is 36.9 Å². The first kappa shape index (κ1) is 25.0. The van der Waals surface area contributed by atoms with Crippen LogP contribution in [0.25, 0.3) is 6.08 Å². The summed E-state index contributed by atoms with van der Waals surface area (Å²) in [4.78, 5) is 30.5. The van der Waals surface area contributed by atoms with Crippen LogP contribution in [0, 0.1) is 0 Å². The van der Waals surface area contributed by atoms with E-state index in [2.05, 4.69) is 4.90 Å². The second-order valence-corrected chi connectivity index (χ2v) is 9.34. The summed E-state index contributed by atoms with van der Waals surface area (Å²) >= 11 is 11.9. The lowest BCUT2D eigenvalue weighted by Gasteiger charge is -2.38. The van der Waals surface area contributed by atoms with Crippen LogP contribution >= 0.6 is 23.2 Å². The molecular formula is C23H31Cl2N3O4. The molecule has 0 bridgehead atoms. The van der Waals surface area contributed by atoms with Crippen molar-refractivity contribution in [3.63, 3.8) is 0 Å². The van der Waals surface area contributed by atoms with E-state index in [1.165, 1.54) is 6.08 Å². The molecule has 1 aromatic rings. The summed E-state index contributed by atoms with van der Waals surface area (Å²) in [6, 6.07) is 5.13. The molecule has 2 saturated heterocycles. The molecule has 2 aliphatic rings. The molecule has 2 N–H and O–H groups in total. The van der Waals surface area contributed by atoms with Gasteiger partial charge in [0.05, 0.1) is 22.3 Å². The molecule has 0 radical (unpaired) electrons. The van der Waals surface area contributed by atoms with E-state index in [9.17, 15) is 19.8 Å². The van der Waals surface area contributed by atoms with Gasteiger partial charge in [0.1, 0.15) is 0 Å². The number of benzene rings is 1. The summed E-state index contributed by atoms with van der Waals surface area (Å²) in [5, 5.41) is 21.5. The molecule has 0 spiro atoms. The third kappa shape index (κ3) is 6.68. The Morgan fingerprint density at radius 2 is 1.97 bits per heavy atom. The molecule has 2 heterocycles. The minimum Gasteiger partial charge on any atom is -0.392 e. The number of amides is 2. The minimum atomic E-state index is -0.705. The SMILES string of the molecule is C[C@@H]1[C@@H](O)CCCN1CC(O)CN1CCN(C(=O)/C=C/c2ccc(Cl)c(Cl)c2)CCC1=O. The molecule has 2 amide bonds. The smallest absolute Gasteiger partial charge is 0.246 e. The van der Waals surface area contributed by atoms with E-state index >= 15 is 0 Å². The molecule has 1 aromatic carbocycles. The summed E-state index contributed by atoms with van der Waals surface area (Å²) in [7, 11) is 0. The maximum Gasteiger partial charge on any atom is 0.246 e. The van der Waals surface area contributed by atoms with E-state index in [4.69, 9.17) is 23.2 Å². The predicted molar refractivity (Wildman–Crippen MR) is 126 cm³/mol. The third-order valence-corrected chi connectivity index (χ3v) is 6.96. The number of nitrogens with zero attached hydrogens (tertiary/aromatic N) is 3. The fourth-order valence-corrected chi connectivity index (χ4v) is 4.51. The summed E-state index contributed by atoms with van der Waals surface area (Å²) in [6.45, 7) is 4.54. The Morgan fingerprint density at radius 1 is 1.19 bits per heavy atom. The molecule has 32 heavy (non-hydrogen) atoms. The number of likely N-dealkylation sites (tertiary alicyclic amines) is 1. The van der Waals surface area contributed by atoms with Gasteiger partial charge in [-0.25, -0.2) is 0 Å². The second-order valence-electron chi connectivity index (χ2n) is 8.52. The number of aliphatic hydroxyl groups is 2. The van der Waals surface area contributed by atoms with Crippen molar-refractivity contribution >= 4 is 41.1 Å². The topological polar surface area (TPSA) is 84.3 Å². The summed E-state index contributed by atoms with van der Waals surface area (Å²) in [5.74, 6) is -0.248. The average Bonchev–Trinajstić information content (AvgIpc) is 2.94. The first-order chi connectivity index (χ1) is 15.2. The average molecular weight is 484 g/mol. The molecule has 3 atom stereocenters. The zero-order valence-corrected chi connectivity index (χ0v) is 19.8. The largest absolute Gasteiger partial charge is 0.392 e. The first-order valence-electron chi connectivity index (χ1n) is 11.0. The Bertz CT molecular complexity index is 851. The third-order valence-electron chi connectivity index (χ3n) is 6.22. The highest BCUT2D eigenvalue weighted by Crippen LogP contribution is 2.23. The summed E-state index contributed by atoms with van der Waals surface area (Å²) < 4.78 is 0. The van der Waals surface area contributed by atoms with Crippen LogP contribution in [0.1, 0.15) is 31.7 Å². The minimum absolute atomic E-state index is 0.00587. The van der Waals surface area contributed by atoms with Crippen molar-refractivity contribution in [3.05, 3.63) is 39.9 Å². The van der Waals surface area contributed by atoms with Crippen LogP contribution in [0.15, 0.2) is 24.3 Å². The van der Waals surface area contributed by atoms with Crippen molar-refractivity contribution in [2.45, 2.75) is 44.4 Å². The normalized spacial score (nSPS) is 24.1. The quantitative estimate of drug-likeness (QED) is 0.606. The first-order valence-corrected chi connectivity index (χ1v) is 11.8. The summed E-state index contributed by atoms with van der Waals surface area (Å²) in [5.41, 5.74) is 0.764. The lowest BCUT2D eigenvalue weighted by Crippen LogP contribution is -2.51. The molecule has 0 aromatic heterocycles. The highest BCUT2D eigenvalue weighted by Gasteiger charge is 2.29. The zero-order chi connectivity index (χ0) is 23.3. The van der Waals surface area contributed by atoms with Crippen molar-refractivity contribution in [2.75, 3.05) is 39.3 Å². The number of hydrogen-bond donors (Lipinski definition) is 2. The molecule has 9 heteroatoms. The Kier molecular flexibility index (Phi) is 8.96. The van der Waals surface area contributed by atoms with Crippen LogP contribution in [0.5, 0.6) is 0 Å². The molecule has 0 saturated carbocycles. The van der Waals surface area contributed by atoms with Gasteiger partial charge in [-0.15, -0.1) is 0 Å². The van der Waals surface area contributed by atoms with Crippen LogP contribution in [0.4, 0.5) is 0 Å². The Balaban J connectivity index is 1.52. The molecule has 1 unspecified atom stereocenters. The van der Waals surface area contributed by atoms with Crippen LogP contribution < -0.4 is 0 Å². The van der Waals surface area contributed by atoms with Crippen molar-refractivity contribution in [1.82, 2.24) is 14.7 Å². The van der Waals surface area contributed by atoms with Gasteiger partial charge in [0.2, 0.25) is 11.8 Å². The van der Waals surface area contributed by atoms with Gasteiger partial charge in [-0.1, -0.05) is 29.3 Å². The van der Waals surface area contributed by atoms with Gasteiger partial charge in [-0.2, -0.15) is 0 Å². The number of carbonyl (C=O) groups excluding carboxylic acids is 2. The highest BCUT2D eigenvalue weighted by molar-refractivity contribution is 6.42. The van der Waals surface area contributed by atoms with Gasteiger partial charge in [0, 0.05) is 51.3 Å². The van der Waals surface area contributed by atoms with Crippen LogP contribution in [0.2, 0.25) is 10.0 Å². The number of halogens is 2. The van der Waals surface area contributed by atoms with Gasteiger partial charge in [0.25, 0.3) is 0 Å². The molecule has 7 nitrogen and oxygen atoms in total. The lowest BCUT2D eigenvalue weighted by atomic mass is 10.00. The molecular weight excluding hydrogens is 453 g/mol. The summed E-state index contributed by atoms with van der Waals surface area (Å²) in [6.07, 6.45) is 3.95. The van der Waals surface area contributed by atoms with Gasteiger partial charge in [-0.3, -0.25) is 14.5 Å². The second kappa shape index (κ2) is 11.5. The fraction of sp³-hybridized carbons (Fsp3) is 0.565. The van der Waals surface area contributed by atoms with Gasteiger partial charge < -0.3 is 20.0 Å². The Labute approximate surface area is 199 Å². The number of β-amino-alcohol motifs (C(OH)–C–C–N with tert-alkyl or cyclic N) is 1. The lowest BCUT2D eigenvalue weighted by molar-refractivity contribution is -0.132. The van der Waals surface area contributed by atoms with Gasteiger partial charge in [-0.05, 0) is 50.1 Å². The van der Waals surface area contributed by atoms with Gasteiger partial charge in [0.15, 0.2) is 0 Å². The number of carbonyl (C=O) groups is 2. The molecule has 2 fully saturated rings. The number of hydrogen-bond acceptors (Lipinski definition) is 5. The van der Waals surface area contributed by atoms with Crippen LogP contribution in [-0.2, 0) is 9.59 Å². The predicted octanol–water partition coefficient (Wildman–Crippen LogP) is 2.27. The number of aliphatic hydroxyl groups excluding tert-OH is 2. The van der Waals surface area contributed by atoms with E-state index in [1.54, 1.807) is 34.1 Å². The van der Waals surface area contributed by atoms with E-state index in [0.717, 1.165) is 24.9 Å². The fourth-order valence-electron chi connectivity index (χ4n) is 4.20. The van der Waals surface area contributed by atoms with Crippen molar-refractivity contribution in [2.24, 2.45) is 0 Å². The van der Waals surface area contributed by atoms with Crippen molar-refractivity contribution < 1.29 is 19.8 Å². The molecule has 2 aliphatic heterocycles. The monoisotopic (exact) mass is 483 g/mol. The molecule has 0 aliphatic carbocycles. The Morgan fingerprint density at radius 3 is 2.72 bits per heavy atom. The maximum absolute atomic E-state index is 12.6. The van der Waals surface area contributed by atoms with E-state index in [0.29, 0.717) is 36.2 Å². The number of rotatable bonds is 6. The Hall–Kier alpha value is -1.64. The van der Waals surface area contributed by atoms with Gasteiger partial charge >= 0.3 is 0 Å². The molecule has 3 rings (SSSR count). The van der Waals surface area contributed by atoms with Crippen LogP contribution in [0.3, 0.4) is 0 Å². The van der Waals surface area contributed by atoms with Crippen molar-refractivity contribution in [3.8, 4) is 0 Å². The van der Waals surface area contributed by atoms with E-state index in [1.807, 2.05) is 6.92 Å².